The molecular weight excluding hydrogens is 985 g/mol. The summed E-state index contributed by atoms with van der Waals surface area (Å²) in [5, 5.41) is 37.1. The molecular formula is C58H88O18. The molecule has 0 saturated heterocycles. The van der Waals surface area contributed by atoms with Crippen LogP contribution in [-0.4, -0.2) is 102 Å². The zero-order valence-electron chi connectivity index (χ0n) is 47.7. The van der Waals surface area contributed by atoms with E-state index in [1.54, 1.807) is 13.8 Å². The molecule has 8 aliphatic rings. The van der Waals surface area contributed by atoms with Gasteiger partial charge in [0.15, 0.2) is 34.3 Å². The highest BCUT2D eigenvalue weighted by Gasteiger charge is 2.70. The lowest BCUT2D eigenvalue weighted by molar-refractivity contribution is -0.187. The van der Waals surface area contributed by atoms with Crippen LogP contribution < -0.4 is 0 Å². The molecule has 5 N–H and O–H groups in total. The van der Waals surface area contributed by atoms with E-state index < -0.39 is 41.0 Å². The second kappa shape index (κ2) is 26.2. The van der Waals surface area contributed by atoms with E-state index >= 15 is 0 Å². The summed E-state index contributed by atoms with van der Waals surface area (Å²) in [5.74, 6) is -0.522. The van der Waals surface area contributed by atoms with Crippen molar-refractivity contribution in [3.05, 3.63) is 23.3 Å². The summed E-state index contributed by atoms with van der Waals surface area (Å²) in [4.78, 5) is 119. The molecule has 18 nitrogen and oxygen atoms in total. The molecule has 0 unspecified atom stereocenters. The molecule has 0 radical (unpaired) electrons. The van der Waals surface area contributed by atoms with Gasteiger partial charge in [0.05, 0.1) is 0 Å². The molecule has 8 rings (SSSR count). The molecule has 8 aliphatic carbocycles. The number of esters is 2. The fourth-order valence-corrected chi connectivity index (χ4v) is 16.1. The van der Waals surface area contributed by atoms with Crippen molar-refractivity contribution in [3.63, 3.8) is 0 Å². The first-order valence-electron chi connectivity index (χ1n) is 26.6. The summed E-state index contributed by atoms with van der Waals surface area (Å²) >= 11 is 0. The zero-order chi connectivity index (χ0) is 58.9. The predicted molar refractivity (Wildman–Crippen MR) is 279 cm³/mol. The standard InChI is InChI=1S/2C24H34O4.5C2H4O2/c2*1-14-12-18-19(22(4)9-6-17(27)13-21(14)22)7-10-23(5)20(18)8-11-24(23,15(2)25)28-16(3)26;5*1-2(3)4/h2*13-14,18-20H,6-12H2,1-5H3;5*1H3,(H,3,4)/t2*14-,18+,19-,20-,22+,23-,24-;;;;;/m00...../s1. The topological polar surface area (TPSA) is 307 Å². The van der Waals surface area contributed by atoms with Crippen molar-refractivity contribution in [1.82, 2.24) is 0 Å². The Morgan fingerprint density at radius 1 is 0.434 bits per heavy atom. The number of rotatable bonds is 4. The van der Waals surface area contributed by atoms with Gasteiger partial charge in [0, 0.05) is 72.1 Å². The molecule has 76 heavy (non-hydrogen) atoms. The Kier molecular flexibility index (Phi) is 22.9. The number of carboxylic acid groups (broad SMARTS) is 5. The van der Waals surface area contributed by atoms with Gasteiger partial charge < -0.3 is 35.0 Å². The van der Waals surface area contributed by atoms with E-state index in [0.29, 0.717) is 73.0 Å². The zero-order valence-corrected chi connectivity index (χ0v) is 47.7. The van der Waals surface area contributed by atoms with Crippen molar-refractivity contribution in [2.24, 2.45) is 69.0 Å². The lowest BCUT2D eigenvalue weighted by Crippen LogP contribution is -2.59. The lowest BCUT2D eigenvalue weighted by atomic mass is 9.44. The van der Waals surface area contributed by atoms with Gasteiger partial charge in [-0.2, -0.15) is 0 Å². The maximum absolute atomic E-state index is 12.8. The third-order valence-corrected chi connectivity index (χ3v) is 18.6. The van der Waals surface area contributed by atoms with Crippen molar-refractivity contribution in [2.45, 2.75) is 205 Å². The van der Waals surface area contributed by atoms with Crippen LogP contribution in [0.15, 0.2) is 23.3 Å². The Hall–Kier alpha value is -5.55. The second-order valence-electron chi connectivity index (χ2n) is 23.5. The average Bonchev–Trinajstić information content (AvgIpc) is 3.72. The van der Waals surface area contributed by atoms with E-state index in [-0.39, 0.29) is 56.7 Å². The van der Waals surface area contributed by atoms with Gasteiger partial charge in [-0.3, -0.25) is 52.7 Å². The fraction of sp³-hybridized carbons (Fsp3) is 0.741. The van der Waals surface area contributed by atoms with E-state index in [1.165, 1.54) is 25.0 Å². The quantitative estimate of drug-likeness (QED) is 0.164. The number of Topliss-reactive ketones (excluding diaryl/α,β-unsaturated/α-hetero) is 2. The predicted octanol–water partition coefficient (Wildman–Crippen LogP) is 9.76. The van der Waals surface area contributed by atoms with Crippen LogP contribution in [0, 0.1) is 69.0 Å². The Morgan fingerprint density at radius 3 is 0.921 bits per heavy atom. The highest BCUT2D eigenvalue weighted by atomic mass is 16.6. The van der Waals surface area contributed by atoms with Crippen LogP contribution in [0.4, 0.5) is 0 Å². The molecule has 14 atom stereocenters. The van der Waals surface area contributed by atoms with Crippen molar-refractivity contribution < 1.29 is 87.7 Å². The highest BCUT2D eigenvalue weighted by molar-refractivity contribution is 5.93. The number of hydrogen-bond donors (Lipinski definition) is 5. The van der Waals surface area contributed by atoms with Crippen LogP contribution in [0.1, 0.15) is 194 Å². The van der Waals surface area contributed by atoms with Gasteiger partial charge in [0.25, 0.3) is 29.8 Å². The monoisotopic (exact) mass is 1070 g/mol. The van der Waals surface area contributed by atoms with E-state index in [2.05, 4.69) is 41.5 Å². The molecule has 6 fully saturated rings. The minimum absolute atomic E-state index is 0.00469. The summed E-state index contributed by atoms with van der Waals surface area (Å²) in [6.45, 7) is 25.2. The summed E-state index contributed by atoms with van der Waals surface area (Å²) in [6.07, 6.45) is 16.4. The summed E-state index contributed by atoms with van der Waals surface area (Å²) in [7, 11) is 0. The minimum atomic E-state index is -0.961. The molecule has 0 aromatic carbocycles. The summed E-state index contributed by atoms with van der Waals surface area (Å²) in [5.41, 5.74) is 0.435. The number of aliphatic carboxylic acids is 5. The van der Waals surface area contributed by atoms with Gasteiger partial charge in [-0.25, -0.2) is 0 Å². The molecule has 428 valence electrons. The van der Waals surface area contributed by atoms with E-state index in [0.717, 1.165) is 98.8 Å². The number of carboxylic acids is 5. The molecule has 0 amide bonds. The van der Waals surface area contributed by atoms with Crippen molar-refractivity contribution in [1.29, 1.82) is 0 Å². The summed E-state index contributed by atoms with van der Waals surface area (Å²) in [6, 6.07) is 0. The minimum Gasteiger partial charge on any atom is -0.481 e. The normalized spacial score (nSPS) is 36.6. The van der Waals surface area contributed by atoms with Crippen LogP contribution in [0.5, 0.6) is 0 Å². The van der Waals surface area contributed by atoms with Crippen LogP contribution in [0.2, 0.25) is 0 Å². The largest absolute Gasteiger partial charge is 0.481 e. The van der Waals surface area contributed by atoms with Crippen LogP contribution >= 0.6 is 0 Å². The van der Waals surface area contributed by atoms with E-state index in [1.807, 2.05) is 12.2 Å². The van der Waals surface area contributed by atoms with Crippen molar-refractivity contribution in [3.8, 4) is 0 Å². The molecule has 0 aromatic heterocycles. The van der Waals surface area contributed by atoms with Gasteiger partial charge >= 0.3 is 11.9 Å². The van der Waals surface area contributed by atoms with E-state index in [9.17, 15) is 28.8 Å². The van der Waals surface area contributed by atoms with Gasteiger partial charge in [0.2, 0.25) is 0 Å². The van der Waals surface area contributed by atoms with Gasteiger partial charge in [0.1, 0.15) is 0 Å². The lowest BCUT2D eigenvalue weighted by Gasteiger charge is -2.60. The number of carbonyl (C=O) groups excluding carboxylic acids is 6. The molecule has 0 heterocycles. The van der Waals surface area contributed by atoms with Crippen LogP contribution in [-0.2, 0) is 62.2 Å². The number of hydrogen-bond acceptors (Lipinski definition) is 13. The molecule has 18 heteroatoms. The Bertz CT molecular complexity index is 2090. The summed E-state index contributed by atoms with van der Waals surface area (Å²) < 4.78 is 11.7. The Morgan fingerprint density at radius 2 is 0.684 bits per heavy atom. The maximum atomic E-state index is 12.8. The number of carbonyl (C=O) groups is 11. The molecule has 0 bridgehead atoms. The van der Waals surface area contributed by atoms with Crippen LogP contribution in [0.3, 0.4) is 0 Å². The molecule has 0 spiro atoms. The number of ether oxygens (including phenoxy) is 2. The van der Waals surface area contributed by atoms with Crippen molar-refractivity contribution in [2.75, 3.05) is 0 Å². The van der Waals surface area contributed by atoms with Crippen molar-refractivity contribution >= 4 is 64.9 Å². The number of allylic oxidation sites excluding steroid dienone is 2. The first-order chi connectivity index (χ1) is 34.8. The molecule has 0 aromatic rings. The SMILES string of the molecule is CC(=O)O.CC(=O)O.CC(=O)O.CC(=O)O.CC(=O)O.CC(=O)O[C@]1(C(C)=O)CC[C@H]2[C@@H]3C[C@H](C)C4=CC(=O)CC[C@]4(C)[C@H]3CC[C@@]21C.CC(=O)O[C@]1(C(C)=O)CC[C@H]2[C@@H]3C[C@H](C)C4=CC(=O)CC[C@]4(C)[C@H]3CC[C@@]21C. The fourth-order valence-electron chi connectivity index (χ4n) is 16.1. The number of fused-ring (bicyclic) bond motifs is 10. The first-order valence-corrected chi connectivity index (χ1v) is 26.6. The third-order valence-electron chi connectivity index (χ3n) is 18.6. The van der Waals surface area contributed by atoms with Crippen LogP contribution in [0.25, 0.3) is 0 Å². The highest BCUT2D eigenvalue weighted by Crippen LogP contribution is 2.71. The molecule has 6 saturated carbocycles. The molecule has 0 aliphatic heterocycles. The number of ketones is 4. The van der Waals surface area contributed by atoms with Gasteiger partial charge in [-0.15, -0.1) is 0 Å². The maximum Gasteiger partial charge on any atom is 0.303 e. The third kappa shape index (κ3) is 14.5. The second-order valence-corrected chi connectivity index (χ2v) is 23.5. The Labute approximate surface area is 448 Å². The first kappa shape index (κ1) is 66.6. The smallest absolute Gasteiger partial charge is 0.303 e. The average molecular weight is 1070 g/mol. The Balaban J connectivity index is 0.000000385. The van der Waals surface area contributed by atoms with Gasteiger partial charge in [-0.1, -0.05) is 52.7 Å². The van der Waals surface area contributed by atoms with E-state index in [4.69, 9.17) is 59.0 Å². The van der Waals surface area contributed by atoms with Gasteiger partial charge in [-0.05, 0) is 161 Å².